The van der Waals surface area contributed by atoms with Gasteiger partial charge < -0.3 is 19.5 Å². The van der Waals surface area contributed by atoms with Gasteiger partial charge in [0, 0.05) is 5.69 Å². The van der Waals surface area contributed by atoms with Crippen molar-refractivity contribution in [3.8, 4) is 11.5 Å². The first-order chi connectivity index (χ1) is 21.3. The average molecular weight is 677 g/mol. The second-order valence-electron chi connectivity index (χ2n) is 9.69. The molecule has 226 valence electrons. The number of nitrogens with one attached hydrogen (secondary N) is 1. The van der Waals surface area contributed by atoms with Gasteiger partial charge in [-0.2, -0.15) is 0 Å². The van der Waals surface area contributed by atoms with E-state index in [0.717, 1.165) is 11.1 Å². The second kappa shape index (κ2) is 13.9. The van der Waals surface area contributed by atoms with Crippen LogP contribution in [0.4, 0.5) is 5.69 Å². The summed E-state index contributed by atoms with van der Waals surface area (Å²) in [7, 11) is 0. The molecule has 2 heterocycles. The lowest BCUT2D eigenvalue weighted by atomic mass is 9.95. The lowest BCUT2D eigenvalue weighted by Crippen LogP contribution is -2.40. The average Bonchev–Trinajstić information content (AvgIpc) is 3.31. The van der Waals surface area contributed by atoms with Crippen LogP contribution < -0.4 is 29.7 Å². The van der Waals surface area contributed by atoms with Crippen molar-refractivity contribution >= 4 is 50.9 Å². The first kappa shape index (κ1) is 31.0. The molecule has 0 aliphatic carbocycles. The molecule has 3 aromatic carbocycles. The molecule has 4 aromatic rings. The predicted octanol–water partition coefficient (Wildman–Crippen LogP) is 4.98. The number of anilines is 1. The number of thiazole rings is 1. The Balaban J connectivity index is 1.55. The molecule has 0 radical (unpaired) electrons. The maximum atomic E-state index is 14.0. The van der Waals surface area contributed by atoms with Crippen LogP contribution in [0.5, 0.6) is 11.5 Å². The van der Waals surface area contributed by atoms with Crippen LogP contribution in [0.2, 0.25) is 0 Å². The second-order valence-corrected chi connectivity index (χ2v) is 11.6. The van der Waals surface area contributed by atoms with Crippen LogP contribution in [0.15, 0.2) is 98.3 Å². The Morgan fingerprint density at radius 1 is 1.02 bits per heavy atom. The van der Waals surface area contributed by atoms with Crippen LogP contribution in [0.25, 0.3) is 6.08 Å². The molecule has 1 amide bonds. The van der Waals surface area contributed by atoms with E-state index in [4.69, 9.17) is 19.2 Å². The molecule has 1 aromatic heterocycles. The van der Waals surface area contributed by atoms with Crippen LogP contribution in [-0.2, 0) is 14.3 Å². The molecule has 0 unspecified atom stereocenters. The normalized spacial score (nSPS) is 14.5. The molecule has 0 fully saturated rings. The van der Waals surface area contributed by atoms with Gasteiger partial charge in [0.2, 0.25) is 0 Å². The molecule has 11 heteroatoms. The third-order valence-corrected chi connectivity index (χ3v) is 8.31. The number of ether oxygens (including phenoxy) is 3. The summed E-state index contributed by atoms with van der Waals surface area (Å²) in [5.41, 5.74) is 2.75. The highest BCUT2D eigenvalue weighted by Gasteiger charge is 2.32. The van der Waals surface area contributed by atoms with E-state index in [9.17, 15) is 14.4 Å². The van der Waals surface area contributed by atoms with Crippen LogP contribution >= 0.6 is 27.3 Å². The number of para-hydroxylation sites is 1. The minimum atomic E-state index is -0.710. The Morgan fingerprint density at radius 3 is 2.45 bits per heavy atom. The van der Waals surface area contributed by atoms with Gasteiger partial charge in [0.25, 0.3) is 11.5 Å². The van der Waals surface area contributed by atoms with E-state index in [2.05, 4.69) is 21.2 Å². The Kier molecular flexibility index (Phi) is 9.76. The summed E-state index contributed by atoms with van der Waals surface area (Å²) in [6.07, 6.45) is 1.77. The van der Waals surface area contributed by atoms with Gasteiger partial charge >= 0.3 is 5.97 Å². The molecule has 0 bridgehead atoms. The van der Waals surface area contributed by atoms with Crippen molar-refractivity contribution in [1.82, 2.24) is 4.57 Å². The van der Waals surface area contributed by atoms with Crippen molar-refractivity contribution in [2.45, 2.75) is 26.8 Å². The summed E-state index contributed by atoms with van der Waals surface area (Å²) < 4.78 is 18.7. The van der Waals surface area contributed by atoms with Crippen LogP contribution in [0, 0.1) is 0 Å². The number of nitrogens with zero attached hydrogens (tertiary/aromatic N) is 2. The number of aromatic nitrogens is 1. The number of amides is 1. The molecular weight excluding hydrogens is 646 g/mol. The van der Waals surface area contributed by atoms with E-state index in [1.54, 1.807) is 54.8 Å². The van der Waals surface area contributed by atoms with Crippen LogP contribution in [-0.4, -0.2) is 36.3 Å². The topological polar surface area (TPSA) is 108 Å². The number of halogens is 1. The Labute approximate surface area is 266 Å². The standard InChI is InChI=1S/C33H30BrN3O6S/c1-4-41-24-14-12-22(13-15-24)30-29(31(39)36-23-9-7-6-8-10-23)20(3)35-33-37(30)32(40)27(44-33)18-21-11-16-26(25(34)17-21)43-19-28(38)42-5-2/h6-18,30H,4-5,19H2,1-3H3,(H,36,39)/b27-18-/t30-/m1/s1. The van der Waals surface area contributed by atoms with E-state index in [1.165, 1.54) is 11.3 Å². The summed E-state index contributed by atoms with van der Waals surface area (Å²) in [4.78, 5) is 44.6. The Hall–Kier alpha value is -4.48. The smallest absolute Gasteiger partial charge is 0.344 e. The highest BCUT2D eigenvalue weighted by molar-refractivity contribution is 9.10. The van der Waals surface area contributed by atoms with E-state index in [0.29, 0.717) is 48.9 Å². The fourth-order valence-corrected chi connectivity index (χ4v) is 6.33. The van der Waals surface area contributed by atoms with E-state index >= 15 is 0 Å². The van der Waals surface area contributed by atoms with Crippen molar-refractivity contribution in [3.05, 3.63) is 119 Å². The number of benzene rings is 3. The van der Waals surface area contributed by atoms with Gasteiger partial charge in [0.05, 0.1) is 39.5 Å². The zero-order valence-corrected chi connectivity index (χ0v) is 26.7. The number of allylic oxidation sites excluding steroid dienone is 1. The van der Waals surface area contributed by atoms with Crippen molar-refractivity contribution in [2.24, 2.45) is 4.99 Å². The van der Waals surface area contributed by atoms with Gasteiger partial charge in [0.1, 0.15) is 11.5 Å². The molecule has 0 spiro atoms. The van der Waals surface area contributed by atoms with E-state index in [1.807, 2.05) is 49.4 Å². The fourth-order valence-electron chi connectivity index (χ4n) is 4.77. The van der Waals surface area contributed by atoms with E-state index in [-0.39, 0.29) is 24.7 Å². The fraction of sp³-hybridized carbons (Fsp3) is 0.212. The zero-order chi connectivity index (χ0) is 31.2. The molecule has 9 nitrogen and oxygen atoms in total. The van der Waals surface area contributed by atoms with Crippen molar-refractivity contribution in [1.29, 1.82) is 0 Å². The number of hydrogen-bond donors (Lipinski definition) is 1. The van der Waals surface area contributed by atoms with E-state index < -0.39 is 12.0 Å². The number of fused-ring (bicyclic) bond motifs is 1. The highest BCUT2D eigenvalue weighted by Crippen LogP contribution is 2.32. The van der Waals surface area contributed by atoms with Gasteiger partial charge in [-0.3, -0.25) is 14.2 Å². The zero-order valence-electron chi connectivity index (χ0n) is 24.3. The number of carbonyl (C=O) groups excluding carboxylic acids is 2. The largest absolute Gasteiger partial charge is 0.494 e. The SMILES string of the molecule is CCOC(=O)COc1ccc(/C=c2\sc3n(c2=O)[C@H](c2ccc(OCC)cc2)C(C(=O)Nc2ccccc2)=C(C)N=3)cc1Br. The van der Waals surface area contributed by atoms with Gasteiger partial charge in [-0.05, 0) is 90.3 Å². The molecule has 1 N–H and O–H groups in total. The van der Waals surface area contributed by atoms with Gasteiger partial charge in [0.15, 0.2) is 11.4 Å². The lowest BCUT2D eigenvalue weighted by molar-refractivity contribution is -0.145. The number of carbonyl (C=O) groups is 2. The van der Waals surface area contributed by atoms with Crippen molar-refractivity contribution in [3.63, 3.8) is 0 Å². The third-order valence-electron chi connectivity index (χ3n) is 6.71. The maximum absolute atomic E-state index is 14.0. The molecule has 1 aliphatic heterocycles. The maximum Gasteiger partial charge on any atom is 0.344 e. The highest BCUT2D eigenvalue weighted by atomic mass is 79.9. The van der Waals surface area contributed by atoms with Crippen molar-refractivity contribution in [2.75, 3.05) is 25.1 Å². The molecule has 0 saturated heterocycles. The summed E-state index contributed by atoms with van der Waals surface area (Å²) in [5.74, 6) is 0.364. The summed E-state index contributed by atoms with van der Waals surface area (Å²) >= 11 is 4.73. The third kappa shape index (κ3) is 6.84. The quantitative estimate of drug-likeness (QED) is 0.238. The summed E-state index contributed by atoms with van der Waals surface area (Å²) in [6.45, 7) is 6.01. The summed E-state index contributed by atoms with van der Waals surface area (Å²) in [5, 5.41) is 2.96. The first-order valence-corrected chi connectivity index (χ1v) is 15.6. The van der Waals surface area contributed by atoms with Crippen LogP contribution in [0.3, 0.4) is 0 Å². The van der Waals surface area contributed by atoms with Gasteiger partial charge in [-0.15, -0.1) is 0 Å². The molecule has 1 atom stereocenters. The minimum Gasteiger partial charge on any atom is -0.494 e. The molecule has 1 aliphatic rings. The van der Waals surface area contributed by atoms with Crippen molar-refractivity contribution < 1.29 is 23.8 Å². The predicted molar refractivity (Wildman–Crippen MR) is 173 cm³/mol. The number of hydrogen-bond acceptors (Lipinski definition) is 8. The molecular formula is C33H30BrN3O6S. The monoisotopic (exact) mass is 675 g/mol. The molecule has 5 rings (SSSR count). The molecule has 0 saturated carbocycles. The van der Waals surface area contributed by atoms with Crippen LogP contribution in [0.1, 0.15) is 37.9 Å². The molecule has 44 heavy (non-hydrogen) atoms. The lowest BCUT2D eigenvalue weighted by Gasteiger charge is -2.25. The van der Waals surface area contributed by atoms with Gasteiger partial charge in [-0.25, -0.2) is 9.79 Å². The summed E-state index contributed by atoms with van der Waals surface area (Å²) in [6, 6.07) is 21.2. The van der Waals surface area contributed by atoms with Gasteiger partial charge in [-0.1, -0.05) is 47.7 Å². The first-order valence-electron chi connectivity index (χ1n) is 14.0. The minimum absolute atomic E-state index is 0.213. The number of rotatable bonds is 10. The Bertz CT molecular complexity index is 1900. The Morgan fingerprint density at radius 2 is 1.77 bits per heavy atom. The number of esters is 1.